The van der Waals surface area contributed by atoms with Crippen LogP contribution in [0.5, 0.6) is 6.01 Å². The SMILES string of the molecule is CCCNCc1cnc(OC(C)c2ccccc2)nc1C. The first-order chi connectivity index (χ1) is 10.2. The average Bonchev–Trinajstić information content (AvgIpc) is 2.50. The van der Waals surface area contributed by atoms with Gasteiger partial charge in [-0.3, -0.25) is 0 Å². The van der Waals surface area contributed by atoms with Crippen molar-refractivity contribution in [3.05, 3.63) is 53.3 Å². The number of nitrogens with zero attached hydrogens (tertiary/aromatic N) is 2. The maximum atomic E-state index is 5.82. The smallest absolute Gasteiger partial charge is 0.317 e. The van der Waals surface area contributed by atoms with E-state index in [4.69, 9.17) is 4.74 Å². The second-order valence-electron chi connectivity index (χ2n) is 5.11. The van der Waals surface area contributed by atoms with Crippen molar-refractivity contribution in [2.24, 2.45) is 0 Å². The topological polar surface area (TPSA) is 47.0 Å². The number of rotatable bonds is 7. The van der Waals surface area contributed by atoms with Crippen LogP contribution >= 0.6 is 0 Å². The molecule has 0 fully saturated rings. The quantitative estimate of drug-likeness (QED) is 0.792. The molecule has 1 atom stereocenters. The number of nitrogens with one attached hydrogen (secondary N) is 1. The fraction of sp³-hybridized carbons (Fsp3) is 0.412. The molecule has 1 aromatic heterocycles. The maximum absolute atomic E-state index is 5.82. The van der Waals surface area contributed by atoms with E-state index in [0.717, 1.165) is 36.3 Å². The molecule has 1 N–H and O–H groups in total. The zero-order valence-corrected chi connectivity index (χ0v) is 13.0. The number of benzene rings is 1. The summed E-state index contributed by atoms with van der Waals surface area (Å²) >= 11 is 0. The Kier molecular flexibility index (Phi) is 5.69. The molecule has 0 aliphatic heterocycles. The van der Waals surface area contributed by atoms with Gasteiger partial charge in [-0.05, 0) is 32.4 Å². The van der Waals surface area contributed by atoms with Crippen LogP contribution in [0.4, 0.5) is 0 Å². The van der Waals surface area contributed by atoms with Crippen molar-refractivity contribution in [3.8, 4) is 6.01 Å². The number of hydrogen-bond donors (Lipinski definition) is 1. The molecule has 0 aliphatic rings. The molecule has 4 nitrogen and oxygen atoms in total. The van der Waals surface area contributed by atoms with E-state index < -0.39 is 0 Å². The summed E-state index contributed by atoms with van der Waals surface area (Å²) in [5.41, 5.74) is 3.19. The van der Waals surface area contributed by atoms with Gasteiger partial charge in [0.2, 0.25) is 0 Å². The summed E-state index contributed by atoms with van der Waals surface area (Å²) in [5.74, 6) is 0. The molecule has 1 unspecified atom stereocenters. The van der Waals surface area contributed by atoms with Crippen molar-refractivity contribution in [1.29, 1.82) is 0 Å². The van der Waals surface area contributed by atoms with Gasteiger partial charge in [0.1, 0.15) is 6.10 Å². The van der Waals surface area contributed by atoms with Crippen molar-refractivity contribution in [1.82, 2.24) is 15.3 Å². The maximum Gasteiger partial charge on any atom is 0.317 e. The predicted octanol–water partition coefficient (Wildman–Crippen LogP) is 3.42. The zero-order chi connectivity index (χ0) is 15.1. The Morgan fingerprint density at radius 1 is 1.24 bits per heavy atom. The van der Waals surface area contributed by atoms with Crippen molar-refractivity contribution < 1.29 is 4.74 Å². The Morgan fingerprint density at radius 2 is 2.00 bits per heavy atom. The minimum Gasteiger partial charge on any atom is -0.456 e. The number of ether oxygens (including phenoxy) is 1. The van der Waals surface area contributed by atoms with Crippen LogP contribution < -0.4 is 10.1 Å². The zero-order valence-electron chi connectivity index (χ0n) is 13.0. The molecule has 4 heteroatoms. The van der Waals surface area contributed by atoms with E-state index in [1.165, 1.54) is 0 Å². The van der Waals surface area contributed by atoms with E-state index >= 15 is 0 Å². The van der Waals surface area contributed by atoms with Crippen LogP contribution in [0.1, 0.15) is 43.2 Å². The van der Waals surface area contributed by atoms with E-state index in [0.29, 0.717) is 6.01 Å². The number of hydrogen-bond acceptors (Lipinski definition) is 4. The van der Waals surface area contributed by atoms with E-state index in [1.807, 2.05) is 50.4 Å². The average molecular weight is 285 g/mol. The lowest BCUT2D eigenvalue weighted by atomic mass is 10.1. The van der Waals surface area contributed by atoms with Crippen LogP contribution in [0, 0.1) is 6.92 Å². The highest BCUT2D eigenvalue weighted by Gasteiger charge is 2.10. The molecule has 0 bridgehead atoms. The van der Waals surface area contributed by atoms with Crippen LogP contribution in [0.15, 0.2) is 36.5 Å². The van der Waals surface area contributed by atoms with Crippen molar-refractivity contribution in [3.63, 3.8) is 0 Å². The largest absolute Gasteiger partial charge is 0.456 e. The van der Waals surface area contributed by atoms with Crippen LogP contribution in [0.3, 0.4) is 0 Å². The molecule has 1 aromatic carbocycles. The molecule has 2 aromatic rings. The highest BCUT2D eigenvalue weighted by atomic mass is 16.5. The molecule has 0 aliphatic carbocycles. The third-order valence-electron chi connectivity index (χ3n) is 3.35. The molecule has 21 heavy (non-hydrogen) atoms. The van der Waals surface area contributed by atoms with Gasteiger partial charge in [-0.25, -0.2) is 9.97 Å². The molecule has 0 spiro atoms. The fourth-order valence-electron chi connectivity index (χ4n) is 2.05. The van der Waals surface area contributed by atoms with Gasteiger partial charge in [0.15, 0.2) is 0 Å². The minimum atomic E-state index is -0.0605. The molecule has 112 valence electrons. The van der Waals surface area contributed by atoms with E-state index in [2.05, 4.69) is 22.2 Å². The summed E-state index contributed by atoms with van der Waals surface area (Å²) in [5, 5.41) is 3.36. The first-order valence-electron chi connectivity index (χ1n) is 7.45. The third-order valence-corrected chi connectivity index (χ3v) is 3.35. The van der Waals surface area contributed by atoms with Gasteiger partial charge in [-0.2, -0.15) is 0 Å². The van der Waals surface area contributed by atoms with Gasteiger partial charge >= 0.3 is 6.01 Å². The predicted molar refractivity (Wildman–Crippen MR) is 84.3 cm³/mol. The summed E-state index contributed by atoms with van der Waals surface area (Å²) in [4.78, 5) is 8.75. The molecule has 0 saturated carbocycles. The summed E-state index contributed by atoms with van der Waals surface area (Å²) in [6.07, 6.45) is 2.91. The van der Waals surface area contributed by atoms with E-state index in [-0.39, 0.29) is 6.10 Å². The van der Waals surface area contributed by atoms with Crippen LogP contribution in [-0.2, 0) is 6.54 Å². The lowest BCUT2D eigenvalue weighted by Gasteiger charge is -2.14. The summed E-state index contributed by atoms with van der Waals surface area (Å²) in [7, 11) is 0. The molecule has 0 amide bonds. The van der Waals surface area contributed by atoms with Crippen molar-refractivity contribution >= 4 is 0 Å². The van der Waals surface area contributed by atoms with E-state index in [9.17, 15) is 0 Å². The highest BCUT2D eigenvalue weighted by molar-refractivity contribution is 5.20. The standard InChI is InChI=1S/C17H23N3O/c1-4-10-18-11-16-12-19-17(20-13(16)2)21-14(3)15-8-6-5-7-9-15/h5-9,12,14,18H,4,10-11H2,1-3H3. The van der Waals surface area contributed by atoms with Gasteiger partial charge in [-0.1, -0.05) is 37.3 Å². The Labute approximate surface area is 126 Å². The molecule has 0 radical (unpaired) electrons. The summed E-state index contributed by atoms with van der Waals surface area (Å²) in [6, 6.07) is 10.5. The second kappa shape index (κ2) is 7.74. The molecule has 1 heterocycles. The van der Waals surface area contributed by atoms with Crippen LogP contribution in [-0.4, -0.2) is 16.5 Å². The van der Waals surface area contributed by atoms with Gasteiger partial charge in [0.25, 0.3) is 0 Å². The Bertz CT molecular complexity index is 557. The monoisotopic (exact) mass is 285 g/mol. The normalized spacial score (nSPS) is 12.1. The molecule has 2 rings (SSSR count). The Hall–Kier alpha value is -1.94. The second-order valence-corrected chi connectivity index (χ2v) is 5.11. The van der Waals surface area contributed by atoms with Gasteiger partial charge in [-0.15, -0.1) is 0 Å². The third kappa shape index (κ3) is 4.53. The van der Waals surface area contributed by atoms with Crippen molar-refractivity contribution in [2.75, 3.05) is 6.54 Å². The highest BCUT2D eigenvalue weighted by Crippen LogP contribution is 2.19. The Morgan fingerprint density at radius 3 is 2.67 bits per heavy atom. The summed E-state index contributed by atoms with van der Waals surface area (Å²) in [6.45, 7) is 7.95. The van der Waals surface area contributed by atoms with Gasteiger partial charge in [0.05, 0.1) is 0 Å². The summed E-state index contributed by atoms with van der Waals surface area (Å²) < 4.78 is 5.82. The lowest BCUT2D eigenvalue weighted by molar-refractivity contribution is 0.206. The van der Waals surface area contributed by atoms with Crippen molar-refractivity contribution in [2.45, 2.75) is 39.8 Å². The van der Waals surface area contributed by atoms with Gasteiger partial charge < -0.3 is 10.1 Å². The molecular weight excluding hydrogens is 262 g/mol. The molecule has 0 saturated heterocycles. The van der Waals surface area contributed by atoms with Crippen LogP contribution in [0.2, 0.25) is 0 Å². The lowest BCUT2D eigenvalue weighted by Crippen LogP contribution is -2.15. The fourth-order valence-corrected chi connectivity index (χ4v) is 2.05. The first-order valence-corrected chi connectivity index (χ1v) is 7.45. The first kappa shape index (κ1) is 15.4. The van der Waals surface area contributed by atoms with E-state index in [1.54, 1.807) is 0 Å². The Balaban J connectivity index is 2.00. The number of aromatic nitrogens is 2. The molecular formula is C17H23N3O. The van der Waals surface area contributed by atoms with Crippen LogP contribution in [0.25, 0.3) is 0 Å². The number of aryl methyl sites for hydroxylation is 1. The van der Waals surface area contributed by atoms with Gasteiger partial charge in [0, 0.05) is 24.0 Å². The minimum absolute atomic E-state index is 0.0605.